The van der Waals surface area contributed by atoms with Crippen molar-refractivity contribution in [1.82, 2.24) is 4.90 Å². The summed E-state index contributed by atoms with van der Waals surface area (Å²) >= 11 is 0. The molecule has 0 spiro atoms. The van der Waals surface area contributed by atoms with Gasteiger partial charge in [0.25, 0.3) is 0 Å². The summed E-state index contributed by atoms with van der Waals surface area (Å²) in [6, 6.07) is 0.0677. The van der Waals surface area contributed by atoms with Gasteiger partial charge in [-0.15, -0.1) is 0 Å². The summed E-state index contributed by atoms with van der Waals surface area (Å²) in [5.74, 6) is 1.14. The van der Waals surface area contributed by atoms with Crippen LogP contribution in [0, 0.1) is 11.3 Å². The van der Waals surface area contributed by atoms with E-state index in [0.717, 1.165) is 12.3 Å². The molecule has 0 unspecified atom stereocenters. The van der Waals surface area contributed by atoms with Gasteiger partial charge < -0.3 is 0 Å². The van der Waals surface area contributed by atoms with Gasteiger partial charge in [-0.1, -0.05) is 52.9 Å². The maximum Gasteiger partial charge on any atom is 0.155 e. The van der Waals surface area contributed by atoms with E-state index in [1.165, 1.54) is 32.1 Å². The van der Waals surface area contributed by atoms with Gasteiger partial charge in [0.15, 0.2) is 5.78 Å². The van der Waals surface area contributed by atoms with E-state index in [1.54, 1.807) is 0 Å². The second-order valence-electron chi connectivity index (χ2n) is 8.65. The van der Waals surface area contributed by atoms with Gasteiger partial charge in [0.1, 0.15) is 0 Å². The van der Waals surface area contributed by atoms with Gasteiger partial charge in [-0.2, -0.15) is 0 Å². The van der Waals surface area contributed by atoms with Crippen LogP contribution in [0.3, 0.4) is 0 Å². The molecule has 0 radical (unpaired) electrons. The minimum Gasteiger partial charge on any atom is -0.297 e. The van der Waals surface area contributed by atoms with Crippen molar-refractivity contribution < 1.29 is 4.79 Å². The normalized spacial score (nSPS) is 20.2. The highest BCUT2D eigenvalue weighted by atomic mass is 16.1. The summed E-state index contributed by atoms with van der Waals surface area (Å²) in [6.45, 7) is 12.8. The Hall–Kier alpha value is -0.370. The van der Waals surface area contributed by atoms with Crippen molar-refractivity contribution in [1.29, 1.82) is 0 Å². The first-order valence-corrected chi connectivity index (χ1v) is 8.30. The number of Topliss-reactive ketones (excluding diaryl/α,β-unsaturated/α-hetero) is 1. The third kappa shape index (κ3) is 4.87. The van der Waals surface area contributed by atoms with Gasteiger partial charge in [0.2, 0.25) is 0 Å². The number of carbonyl (C=O) groups is 1. The third-order valence-corrected chi connectivity index (χ3v) is 4.85. The van der Waals surface area contributed by atoms with Crippen LogP contribution in [0.25, 0.3) is 0 Å². The highest BCUT2D eigenvalue weighted by Gasteiger charge is 2.37. The number of likely N-dealkylation sites (N-methyl/N-ethyl adjacent to an activating group) is 1. The van der Waals surface area contributed by atoms with Crippen LogP contribution >= 0.6 is 0 Å². The van der Waals surface area contributed by atoms with Gasteiger partial charge in [0.05, 0.1) is 6.04 Å². The van der Waals surface area contributed by atoms with Gasteiger partial charge in [-0.3, -0.25) is 9.69 Å². The number of ketones is 1. The molecule has 2 nitrogen and oxygen atoms in total. The summed E-state index contributed by atoms with van der Waals surface area (Å²) in [5.41, 5.74) is -0.209. The summed E-state index contributed by atoms with van der Waals surface area (Å²) in [7, 11) is 2.12. The minimum atomic E-state index is -0.251. The van der Waals surface area contributed by atoms with Gasteiger partial charge in [-0.05, 0) is 40.2 Å². The molecule has 20 heavy (non-hydrogen) atoms. The van der Waals surface area contributed by atoms with Gasteiger partial charge >= 0.3 is 0 Å². The number of hydrogen-bond donors (Lipinski definition) is 0. The van der Waals surface area contributed by atoms with E-state index in [4.69, 9.17) is 0 Å². The number of rotatable bonds is 4. The monoisotopic (exact) mass is 281 g/mol. The molecule has 118 valence electrons. The molecule has 0 aliphatic heterocycles. The van der Waals surface area contributed by atoms with Crippen LogP contribution in [0.2, 0.25) is 0 Å². The molecule has 0 saturated heterocycles. The van der Waals surface area contributed by atoms with Crippen molar-refractivity contribution in [3.05, 3.63) is 0 Å². The summed E-state index contributed by atoms with van der Waals surface area (Å²) in [4.78, 5) is 15.2. The molecule has 1 fully saturated rings. The SMILES string of the molecule is CN([C@@H](CC1CCCCC1)C(=O)C(C)(C)C)C(C)(C)C. The molecule has 1 aliphatic rings. The molecule has 0 aromatic rings. The Bertz CT molecular complexity index is 315. The highest BCUT2D eigenvalue weighted by molar-refractivity contribution is 5.88. The molecule has 2 heteroatoms. The smallest absolute Gasteiger partial charge is 0.155 e. The number of carbonyl (C=O) groups excluding carboxylic acids is 1. The lowest BCUT2D eigenvalue weighted by Crippen LogP contribution is -2.52. The zero-order chi connectivity index (χ0) is 15.6. The topological polar surface area (TPSA) is 20.3 Å². The molecular weight excluding hydrogens is 246 g/mol. The first-order valence-electron chi connectivity index (χ1n) is 8.30. The van der Waals surface area contributed by atoms with E-state index in [0.29, 0.717) is 5.78 Å². The quantitative estimate of drug-likeness (QED) is 0.746. The molecule has 0 bridgehead atoms. The fourth-order valence-electron chi connectivity index (χ4n) is 3.15. The Kier molecular flexibility index (Phi) is 5.83. The average Bonchev–Trinajstić information content (AvgIpc) is 2.33. The molecule has 0 N–H and O–H groups in total. The predicted molar refractivity (Wildman–Crippen MR) is 87.0 cm³/mol. The lowest BCUT2D eigenvalue weighted by atomic mass is 9.78. The molecule has 0 aromatic heterocycles. The van der Waals surface area contributed by atoms with Crippen molar-refractivity contribution in [2.24, 2.45) is 11.3 Å². The first kappa shape index (κ1) is 17.7. The second-order valence-corrected chi connectivity index (χ2v) is 8.65. The van der Waals surface area contributed by atoms with E-state index in [-0.39, 0.29) is 17.0 Å². The maximum atomic E-state index is 12.9. The molecule has 0 aromatic carbocycles. The maximum absolute atomic E-state index is 12.9. The molecule has 1 saturated carbocycles. The van der Waals surface area contributed by atoms with Crippen LogP contribution < -0.4 is 0 Å². The average molecular weight is 281 g/mol. The summed E-state index contributed by atoms with van der Waals surface area (Å²) < 4.78 is 0. The van der Waals surface area contributed by atoms with Crippen molar-refractivity contribution >= 4 is 5.78 Å². The summed E-state index contributed by atoms with van der Waals surface area (Å²) in [5, 5.41) is 0. The van der Waals surface area contributed by atoms with E-state index in [2.05, 4.69) is 53.5 Å². The lowest BCUT2D eigenvalue weighted by Gasteiger charge is -2.42. The molecular formula is C18H35NO. The first-order chi connectivity index (χ1) is 9.03. The molecule has 1 atom stereocenters. The van der Waals surface area contributed by atoms with Crippen LogP contribution in [0.5, 0.6) is 0 Å². The fraction of sp³-hybridized carbons (Fsp3) is 0.944. The van der Waals surface area contributed by atoms with Crippen molar-refractivity contribution in [3.8, 4) is 0 Å². The molecule has 1 aliphatic carbocycles. The van der Waals surface area contributed by atoms with Crippen LogP contribution in [-0.4, -0.2) is 29.3 Å². The van der Waals surface area contributed by atoms with Crippen molar-refractivity contribution in [2.45, 2.75) is 91.6 Å². The highest BCUT2D eigenvalue weighted by Crippen LogP contribution is 2.33. The van der Waals surface area contributed by atoms with E-state index in [1.807, 2.05) is 0 Å². The zero-order valence-electron chi connectivity index (χ0n) is 14.8. The van der Waals surface area contributed by atoms with Crippen LogP contribution in [0.15, 0.2) is 0 Å². The molecule has 0 heterocycles. The Morgan fingerprint density at radius 2 is 1.55 bits per heavy atom. The fourth-order valence-corrected chi connectivity index (χ4v) is 3.15. The van der Waals surface area contributed by atoms with Gasteiger partial charge in [-0.25, -0.2) is 0 Å². The Morgan fingerprint density at radius 1 is 1.05 bits per heavy atom. The second kappa shape index (κ2) is 6.60. The Balaban J connectivity index is 2.86. The molecule has 0 amide bonds. The van der Waals surface area contributed by atoms with Gasteiger partial charge in [0, 0.05) is 11.0 Å². The van der Waals surface area contributed by atoms with Crippen LogP contribution in [0.4, 0.5) is 0 Å². The standard InChI is InChI=1S/C18H35NO/c1-17(2,3)16(20)15(19(7)18(4,5)6)13-14-11-9-8-10-12-14/h14-15H,8-13H2,1-7H3/t15-/m0/s1. The largest absolute Gasteiger partial charge is 0.297 e. The third-order valence-electron chi connectivity index (χ3n) is 4.85. The predicted octanol–water partition coefficient (Wildman–Crippen LogP) is 4.67. The lowest BCUT2D eigenvalue weighted by molar-refractivity contribution is -0.134. The zero-order valence-corrected chi connectivity index (χ0v) is 14.8. The summed E-state index contributed by atoms with van der Waals surface area (Å²) in [6.07, 6.45) is 7.74. The van der Waals surface area contributed by atoms with E-state index < -0.39 is 0 Å². The Labute approximate surface area is 126 Å². The Morgan fingerprint density at radius 3 is 1.95 bits per heavy atom. The number of hydrogen-bond acceptors (Lipinski definition) is 2. The van der Waals surface area contributed by atoms with Crippen molar-refractivity contribution in [2.75, 3.05) is 7.05 Å². The van der Waals surface area contributed by atoms with Crippen LogP contribution in [0.1, 0.15) is 80.1 Å². The number of nitrogens with zero attached hydrogens (tertiary/aromatic N) is 1. The van der Waals surface area contributed by atoms with E-state index in [9.17, 15) is 4.79 Å². The van der Waals surface area contributed by atoms with Crippen molar-refractivity contribution in [3.63, 3.8) is 0 Å². The van der Waals surface area contributed by atoms with Crippen LogP contribution in [-0.2, 0) is 4.79 Å². The molecule has 1 rings (SSSR count). The van der Waals surface area contributed by atoms with E-state index >= 15 is 0 Å². The minimum absolute atomic E-state index is 0.0419.